The molecule has 0 unspecified atom stereocenters. The molecule has 0 atom stereocenters. The third kappa shape index (κ3) is 17.1. The van der Waals surface area contributed by atoms with Crippen LogP contribution in [0.3, 0.4) is 0 Å². The summed E-state index contributed by atoms with van der Waals surface area (Å²) in [7, 11) is 0. The van der Waals surface area contributed by atoms with Crippen LogP contribution < -0.4 is 0 Å². The highest BCUT2D eigenvalue weighted by Crippen LogP contribution is 2.32. The molecule has 0 saturated heterocycles. The molecule has 0 radical (unpaired) electrons. The van der Waals surface area contributed by atoms with Crippen LogP contribution in [0.5, 0.6) is 0 Å². The second kappa shape index (κ2) is 21.4. The van der Waals surface area contributed by atoms with Crippen molar-refractivity contribution in [3.05, 3.63) is 35.8 Å². The fraction of sp³-hybridized carbons (Fsp3) is 0.600. The van der Waals surface area contributed by atoms with Gasteiger partial charge in [-0.15, -0.1) is 24.1 Å². The highest BCUT2D eigenvalue weighted by atomic mass is 32.2. The van der Waals surface area contributed by atoms with Gasteiger partial charge in [0.15, 0.2) is 0 Å². The summed E-state index contributed by atoms with van der Waals surface area (Å²) in [5.74, 6) is 2.72. The zero-order valence-corrected chi connectivity index (χ0v) is 16.8. The Kier molecular flexibility index (Phi) is 28.9. The van der Waals surface area contributed by atoms with Crippen LogP contribution in [0.4, 0.5) is 0 Å². The van der Waals surface area contributed by atoms with Gasteiger partial charge in [0.2, 0.25) is 0 Å². The molecule has 0 fully saturated rings. The van der Waals surface area contributed by atoms with Crippen molar-refractivity contribution in [2.75, 3.05) is 6.26 Å². The largest absolute Gasteiger partial charge is 0.129 e. The molecule has 21 heavy (non-hydrogen) atoms. The molecule has 0 aromatic rings. The Morgan fingerprint density at radius 1 is 1.05 bits per heavy atom. The molecule has 0 aliphatic rings. The lowest BCUT2D eigenvalue weighted by molar-refractivity contribution is 0.377. The van der Waals surface area contributed by atoms with E-state index in [0.717, 1.165) is 12.8 Å². The lowest BCUT2D eigenvalue weighted by Crippen LogP contribution is -2.11. The molecule has 0 rings (SSSR count). The standard InChI is InChI=1S/C14H20S.3C2H6/c1-7-10-14(4,5)11-12(8-2)13(9-3)15-6;3*1-2/h1,8-9H,2-3,10-11H2,4-6H3;3*1-2H3/b13-12-;;;. The molecule has 0 spiro atoms. The predicted octanol–water partition coefficient (Wildman–Crippen LogP) is 7.49. The molecule has 0 saturated carbocycles. The zero-order chi connectivity index (χ0) is 17.9. The lowest BCUT2D eigenvalue weighted by atomic mass is 9.82. The molecule has 124 valence electrons. The number of allylic oxidation sites excluding steroid dienone is 3. The number of rotatable bonds is 6. The highest BCUT2D eigenvalue weighted by Gasteiger charge is 2.18. The first-order chi connectivity index (χ1) is 10.0. The van der Waals surface area contributed by atoms with E-state index >= 15 is 0 Å². The van der Waals surface area contributed by atoms with E-state index in [4.69, 9.17) is 6.42 Å². The number of terminal acetylenes is 1. The van der Waals surface area contributed by atoms with Crippen LogP contribution in [0.25, 0.3) is 0 Å². The van der Waals surface area contributed by atoms with E-state index in [9.17, 15) is 0 Å². The third-order valence-electron chi connectivity index (χ3n) is 2.22. The Morgan fingerprint density at radius 2 is 1.48 bits per heavy atom. The second-order valence-corrected chi connectivity index (χ2v) is 5.07. The molecule has 0 amide bonds. The molecule has 0 aliphatic heterocycles. The van der Waals surface area contributed by atoms with Crippen molar-refractivity contribution in [1.29, 1.82) is 0 Å². The fourth-order valence-electron chi connectivity index (χ4n) is 1.46. The van der Waals surface area contributed by atoms with Gasteiger partial charge in [0.05, 0.1) is 0 Å². The van der Waals surface area contributed by atoms with Crippen LogP contribution in [0.15, 0.2) is 35.8 Å². The van der Waals surface area contributed by atoms with Gasteiger partial charge in [0.1, 0.15) is 0 Å². The second-order valence-electron chi connectivity index (χ2n) is 4.22. The maximum absolute atomic E-state index is 5.36. The van der Waals surface area contributed by atoms with Crippen LogP contribution in [-0.2, 0) is 0 Å². The van der Waals surface area contributed by atoms with Gasteiger partial charge in [-0.2, -0.15) is 0 Å². The molecule has 0 N–H and O–H groups in total. The lowest BCUT2D eigenvalue weighted by Gasteiger charge is -2.23. The molecule has 0 aliphatic carbocycles. The van der Waals surface area contributed by atoms with E-state index in [1.54, 1.807) is 11.8 Å². The van der Waals surface area contributed by atoms with E-state index < -0.39 is 0 Å². The Hall–Kier alpha value is -0.870. The predicted molar refractivity (Wildman–Crippen MR) is 107 cm³/mol. The van der Waals surface area contributed by atoms with Gasteiger partial charge in [-0.3, -0.25) is 0 Å². The Balaban J connectivity index is -0.000000212. The minimum atomic E-state index is 0.127. The van der Waals surface area contributed by atoms with E-state index in [-0.39, 0.29) is 5.41 Å². The maximum Gasteiger partial charge on any atom is 0.0141 e. The van der Waals surface area contributed by atoms with Crippen molar-refractivity contribution in [3.63, 3.8) is 0 Å². The average molecular weight is 311 g/mol. The summed E-state index contributed by atoms with van der Waals surface area (Å²) >= 11 is 1.70. The Morgan fingerprint density at radius 3 is 1.71 bits per heavy atom. The number of thioether (sulfide) groups is 1. The normalized spacial score (nSPS) is 9.90. The number of hydrogen-bond donors (Lipinski definition) is 0. The van der Waals surface area contributed by atoms with E-state index in [1.165, 1.54) is 10.5 Å². The van der Waals surface area contributed by atoms with Gasteiger partial charge in [0.25, 0.3) is 0 Å². The van der Waals surface area contributed by atoms with Crippen LogP contribution in [0.2, 0.25) is 0 Å². The summed E-state index contributed by atoms with van der Waals surface area (Å²) in [6.07, 6.45) is 12.9. The molecule has 0 aromatic carbocycles. The summed E-state index contributed by atoms with van der Waals surface area (Å²) < 4.78 is 0. The number of hydrogen-bond acceptors (Lipinski definition) is 1. The van der Waals surface area contributed by atoms with Crippen molar-refractivity contribution >= 4 is 11.8 Å². The van der Waals surface area contributed by atoms with Gasteiger partial charge in [-0.25, -0.2) is 0 Å². The molecular formula is C20H38S. The minimum absolute atomic E-state index is 0.127. The Labute approximate surface area is 140 Å². The van der Waals surface area contributed by atoms with Gasteiger partial charge < -0.3 is 0 Å². The molecule has 0 nitrogen and oxygen atoms in total. The zero-order valence-electron chi connectivity index (χ0n) is 16.0. The van der Waals surface area contributed by atoms with Gasteiger partial charge in [-0.1, -0.05) is 80.7 Å². The fourth-order valence-corrected chi connectivity index (χ4v) is 2.04. The summed E-state index contributed by atoms with van der Waals surface area (Å²) in [6, 6.07) is 0. The minimum Gasteiger partial charge on any atom is -0.129 e. The first-order valence-electron chi connectivity index (χ1n) is 7.96. The van der Waals surface area contributed by atoms with E-state index in [1.807, 2.05) is 53.7 Å². The summed E-state index contributed by atoms with van der Waals surface area (Å²) in [5.41, 5.74) is 1.36. The van der Waals surface area contributed by atoms with Crippen LogP contribution in [-0.4, -0.2) is 6.26 Å². The summed E-state index contributed by atoms with van der Waals surface area (Å²) in [6.45, 7) is 24.0. The van der Waals surface area contributed by atoms with Gasteiger partial charge >= 0.3 is 0 Å². The van der Waals surface area contributed by atoms with Crippen LogP contribution >= 0.6 is 11.8 Å². The van der Waals surface area contributed by atoms with Crippen molar-refractivity contribution in [2.45, 2.75) is 68.2 Å². The third-order valence-corrected chi connectivity index (χ3v) is 3.09. The first kappa shape index (κ1) is 28.3. The van der Waals surface area contributed by atoms with Crippen molar-refractivity contribution in [3.8, 4) is 12.3 Å². The SMILES string of the molecule is C#CCC(C)(C)C/C(C=C)=C(/C=C)SC.CC.CC.CC. The maximum atomic E-state index is 5.36. The Bertz CT molecular complexity index is 300. The summed E-state index contributed by atoms with van der Waals surface area (Å²) in [4.78, 5) is 1.19. The molecule has 0 heterocycles. The van der Waals surface area contributed by atoms with Crippen LogP contribution in [0.1, 0.15) is 68.2 Å². The van der Waals surface area contributed by atoms with Crippen molar-refractivity contribution in [2.24, 2.45) is 5.41 Å². The topological polar surface area (TPSA) is 0 Å². The van der Waals surface area contributed by atoms with Crippen molar-refractivity contribution < 1.29 is 0 Å². The van der Waals surface area contributed by atoms with Gasteiger partial charge in [-0.05, 0) is 23.7 Å². The van der Waals surface area contributed by atoms with E-state index in [2.05, 4.69) is 39.2 Å². The molecule has 0 bridgehead atoms. The summed E-state index contributed by atoms with van der Waals surface area (Å²) in [5, 5.41) is 0. The first-order valence-corrected chi connectivity index (χ1v) is 9.18. The van der Waals surface area contributed by atoms with Gasteiger partial charge in [0, 0.05) is 11.3 Å². The monoisotopic (exact) mass is 310 g/mol. The molecule has 1 heteroatoms. The molecule has 0 aromatic heterocycles. The molecular weight excluding hydrogens is 272 g/mol. The van der Waals surface area contributed by atoms with E-state index in [0.29, 0.717) is 0 Å². The quantitative estimate of drug-likeness (QED) is 0.361. The average Bonchev–Trinajstić information content (AvgIpc) is 2.53. The van der Waals surface area contributed by atoms with Crippen molar-refractivity contribution in [1.82, 2.24) is 0 Å². The highest BCUT2D eigenvalue weighted by molar-refractivity contribution is 8.02. The smallest absolute Gasteiger partial charge is 0.0141 e. The van der Waals surface area contributed by atoms with Crippen LogP contribution in [0, 0.1) is 17.8 Å².